The molecule has 0 aromatic rings. The Morgan fingerprint density at radius 2 is 2.11 bits per heavy atom. The normalized spacial score (nSPS) is 12.7. The molecule has 0 saturated heterocycles. The third-order valence-electron chi connectivity index (χ3n) is 1.19. The lowest BCUT2D eigenvalue weighted by Gasteiger charge is -2.01. The van der Waals surface area contributed by atoms with E-state index in [0.717, 1.165) is 18.2 Å². The van der Waals surface area contributed by atoms with Crippen LogP contribution in [0, 0.1) is 0 Å². The van der Waals surface area contributed by atoms with E-state index < -0.39 is 8.80 Å². The van der Waals surface area contributed by atoms with Gasteiger partial charge in [-0.25, -0.2) is 0 Å². The van der Waals surface area contributed by atoms with Crippen LogP contribution in [0.15, 0.2) is 5.16 Å². The molecule has 3 heteroatoms. The van der Waals surface area contributed by atoms with Gasteiger partial charge in [-0.15, -0.1) is 0 Å². The summed E-state index contributed by atoms with van der Waals surface area (Å²) in [6.07, 6.45) is 0.891. The summed E-state index contributed by atoms with van der Waals surface area (Å²) in [6, 6.07) is 1.05. The molecule has 0 bridgehead atoms. The lowest BCUT2D eigenvalue weighted by molar-refractivity contribution is 0.317. The van der Waals surface area contributed by atoms with Crippen molar-refractivity contribution in [3.8, 4) is 0 Å². The molecule has 9 heavy (non-hydrogen) atoms. The lowest BCUT2D eigenvalue weighted by Crippen LogP contribution is -2.07. The van der Waals surface area contributed by atoms with Crippen LogP contribution in [-0.4, -0.2) is 19.7 Å². The van der Waals surface area contributed by atoms with Crippen molar-refractivity contribution in [2.75, 3.05) is 0 Å². The Morgan fingerprint density at radius 1 is 1.56 bits per heavy atom. The third kappa shape index (κ3) is 4.21. The van der Waals surface area contributed by atoms with E-state index in [1.54, 1.807) is 0 Å². The average Bonchev–Trinajstić information content (AvgIpc) is 1.82. The van der Waals surface area contributed by atoms with Crippen molar-refractivity contribution in [3.05, 3.63) is 0 Å². The van der Waals surface area contributed by atoms with E-state index in [2.05, 4.69) is 18.2 Å². The largest absolute Gasteiger partial charge is 0.411 e. The van der Waals surface area contributed by atoms with Gasteiger partial charge in [-0.05, 0) is 12.5 Å². The maximum Gasteiger partial charge on any atom is 0.0539 e. The third-order valence-corrected chi connectivity index (χ3v) is 2.48. The number of nitrogens with zero attached hydrogens (tertiary/aromatic N) is 1. The first-order valence-corrected chi connectivity index (χ1v) is 6.53. The summed E-state index contributed by atoms with van der Waals surface area (Å²) in [6.45, 7) is 6.52. The lowest BCUT2D eigenvalue weighted by atomic mass is 10.3. The first kappa shape index (κ1) is 8.69. The summed E-state index contributed by atoms with van der Waals surface area (Å²) < 4.78 is 0. The molecular weight excluding hydrogens is 130 g/mol. The van der Waals surface area contributed by atoms with Gasteiger partial charge in [-0.3, -0.25) is 0 Å². The summed E-state index contributed by atoms with van der Waals surface area (Å²) in [4.78, 5) is 0. The van der Waals surface area contributed by atoms with Crippen LogP contribution in [-0.2, 0) is 0 Å². The highest BCUT2D eigenvalue weighted by atomic mass is 28.3. The topological polar surface area (TPSA) is 32.6 Å². The molecule has 0 rings (SSSR count). The molecule has 0 aromatic heterocycles. The molecule has 0 radical (unpaired) electrons. The second kappa shape index (κ2) is 4.55. The molecule has 54 valence electrons. The Labute approximate surface area is 58.2 Å². The molecule has 0 aliphatic heterocycles. The Balaban J connectivity index is 3.58. The van der Waals surface area contributed by atoms with E-state index in [1.165, 1.54) is 0 Å². The number of hydrogen-bond donors (Lipinski definition) is 1. The summed E-state index contributed by atoms with van der Waals surface area (Å²) >= 11 is 0. The van der Waals surface area contributed by atoms with E-state index in [4.69, 9.17) is 5.21 Å². The molecule has 0 fully saturated rings. The first-order valence-electron chi connectivity index (χ1n) is 3.40. The highest BCUT2D eigenvalue weighted by molar-refractivity contribution is 6.59. The Hall–Kier alpha value is -0.313. The van der Waals surface area contributed by atoms with Crippen molar-refractivity contribution in [2.45, 2.75) is 32.5 Å². The molecule has 0 atom stereocenters. The molecule has 0 aliphatic rings. The zero-order chi connectivity index (χ0) is 7.28. The fourth-order valence-electron chi connectivity index (χ4n) is 0.727. The minimum absolute atomic E-state index is 0.554. The quantitative estimate of drug-likeness (QED) is 0.279. The second-order valence-electron chi connectivity index (χ2n) is 2.62. The molecule has 1 N–H and O–H groups in total. The minimum Gasteiger partial charge on any atom is -0.411 e. The van der Waals surface area contributed by atoms with E-state index in [1.807, 2.05) is 6.92 Å². The number of hydrogen-bond acceptors (Lipinski definition) is 2. The molecule has 0 unspecified atom stereocenters. The van der Waals surface area contributed by atoms with Crippen LogP contribution in [0.2, 0.25) is 19.1 Å². The van der Waals surface area contributed by atoms with Gasteiger partial charge in [-0.1, -0.05) is 25.2 Å². The molecule has 2 nitrogen and oxygen atoms in total. The minimum atomic E-state index is -0.554. The Kier molecular flexibility index (Phi) is 4.40. The molecule has 0 saturated carbocycles. The zero-order valence-electron chi connectivity index (χ0n) is 6.39. The molecule has 0 aliphatic carbocycles. The van der Waals surface area contributed by atoms with Crippen molar-refractivity contribution in [1.82, 2.24) is 0 Å². The van der Waals surface area contributed by atoms with Crippen LogP contribution >= 0.6 is 0 Å². The Morgan fingerprint density at radius 3 is 2.22 bits per heavy atom. The molecule has 0 amide bonds. The summed E-state index contributed by atoms with van der Waals surface area (Å²) in [5.74, 6) is 0. The highest BCUT2D eigenvalue weighted by Crippen LogP contribution is 1.97. The van der Waals surface area contributed by atoms with Crippen LogP contribution in [0.25, 0.3) is 0 Å². The van der Waals surface area contributed by atoms with Gasteiger partial charge in [0.1, 0.15) is 0 Å². The number of oxime groups is 1. The van der Waals surface area contributed by atoms with Crippen molar-refractivity contribution < 1.29 is 5.21 Å². The van der Waals surface area contributed by atoms with E-state index in [-0.39, 0.29) is 0 Å². The summed E-state index contributed by atoms with van der Waals surface area (Å²) in [5, 5.41) is 11.6. The Bertz CT molecular complexity index is 101. The summed E-state index contributed by atoms with van der Waals surface area (Å²) in [7, 11) is -0.554. The smallest absolute Gasteiger partial charge is 0.0539 e. The van der Waals surface area contributed by atoms with E-state index in [9.17, 15) is 0 Å². The van der Waals surface area contributed by atoms with Gasteiger partial charge in [0.2, 0.25) is 0 Å². The van der Waals surface area contributed by atoms with Crippen molar-refractivity contribution in [3.63, 3.8) is 0 Å². The SMILES string of the molecule is CCC(C[SiH](C)C)=NO. The van der Waals surface area contributed by atoms with Crippen LogP contribution in [0.4, 0.5) is 0 Å². The highest BCUT2D eigenvalue weighted by Gasteiger charge is 2.00. The summed E-state index contributed by atoms with van der Waals surface area (Å²) in [5.41, 5.74) is 0.955. The van der Waals surface area contributed by atoms with Gasteiger partial charge < -0.3 is 5.21 Å². The van der Waals surface area contributed by atoms with Crippen LogP contribution in [0.3, 0.4) is 0 Å². The maximum absolute atomic E-state index is 8.39. The van der Waals surface area contributed by atoms with Gasteiger partial charge in [0.05, 0.1) is 5.71 Å². The monoisotopic (exact) mass is 145 g/mol. The van der Waals surface area contributed by atoms with Crippen LogP contribution in [0.1, 0.15) is 13.3 Å². The van der Waals surface area contributed by atoms with E-state index in [0.29, 0.717) is 0 Å². The predicted octanol–water partition coefficient (Wildman–Crippen LogP) is 1.71. The van der Waals surface area contributed by atoms with Crippen LogP contribution in [0.5, 0.6) is 0 Å². The van der Waals surface area contributed by atoms with Crippen molar-refractivity contribution in [2.24, 2.45) is 5.16 Å². The zero-order valence-corrected chi connectivity index (χ0v) is 7.54. The second-order valence-corrected chi connectivity index (χ2v) is 5.81. The fourth-order valence-corrected chi connectivity index (χ4v) is 2.04. The van der Waals surface area contributed by atoms with Gasteiger partial charge in [0, 0.05) is 8.80 Å². The molecular formula is C6H15NOSi. The van der Waals surface area contributed by atoms with Gasteiger partial charge in [-0.2, -0.15) is 0 Å². The first-order chi connectivity index (χ1) is 4.20. The standard InChI is InChI=1S/C6H15NOSi/c1-4-6(7-8)5-9(2)3/h8-9H,4-5H2,1-3H3. The predicted molar refractivity (Wildman–Crippen MR) is 43.2 cm³/mol. The van der Waals surface area contributed by atoms with Crippen molar-refractivity contribution >= 4 is 14.5 Å². The number of rotatable bonds is 3. The molecule has 0 spiro atoms. The average molecular weight is 145 g/mol. The van der Waals surface area contributed by atoms with Crippen molar-refractivity contribution in [1.29, 1.82) is 0 Å². The van der Waals surface area contributed by atoms with Crippen LogP contribution < -0.4 is 0 Å². The van der Waals surface area contributed by atoms with E-state index >= 15 is 0 Å². The fraction of sp³-hybridized carbons (Fsp3) is 0.833. The molecule has 0 heterocycles. The van der Waals surface area contributed by atoms with Gasteiger partial charge in [0.25, 0.3) is 0 Å². The van der Waals surface area contributed by atoms with Gasteiger partial charge in [0.15, 0.2) is 0 Å². The van der Waals surface area contributed by atoms with Gasteiger partial charge >= 0.3 is 0 Å². The molecule has 0 aromatic carbocycles. The maximum atomic E-state index is 8.39.